The predicted molar refractivity (Wildman–Crippen MR) is 125 cm³/mol. The average molecular weight is 500 g/mol. The summed E-state index contributed by atoms with van der Waals surface area (Å²) in [6.45, 7) is 4.62. The van der Waals surface area contributed by atoms with Gasteiger partial charge in [-0.1, -0.05) is 0 Å². The Balaban J connectivity index is 1.33. The molecule has 1 saturated heterocycles. The molecular formula is C23H27F2N9O2. The van der Waals surface area contributed by atoms with Gasteiger partial charge >= 0.3 is 0 Å². The van der Waals surface area contributed by atoms with Gasteiger partial charge in [0.2, 0.25) is 17.6 Å². The highest BCUT2D eigenvalue weighted by atomic mass is 19.3. The van der Waals surface area contributed by atoms with Gasteiger partial charge in [0.25, 0.3) is 6.43 Å². The lowest BCUT2D eigenvalue weighted by Crippen LogP contribution is -2.46. The Morgan fingerprint density at radius 1 is 1.22 bits per heavy atom. The van der Waals surface area contributed by atoms with Crippen molar-refractivity contribution in [3.05, 3.63) is 34.9 Å². The van der Waals surface area contributed by atoms with Crippen LogP contribution in [0.2, 0.25) is 0 Å². The monoisotopic (exact) mass is 499 g/mol. The Hall–Kier alpha value is -3.77. The van der Waals surface area contributed by atoms with E-state index in [2.05, 4.69) is 36.8 Å². The number of pyridine rings is 1. The molecule has 1 N–H and O–H groups in total. The molecule has 1 spiro atoms. The maximum absolute atomic E-state index is 13.3. The average Bonchev–Trinajstić information content (AvgIpc) is 3.48. The number of methoxy groups -OCH3 is 1. The number of halogens is 2. The van der Waals surface area contributed by atoms with Crippen molar-refractivity contribution < 1.29 is 18.3 Å². The van der Waals surface area contributed by atoms with Gasteiger partial charge in [0.1, 0.15) is 5.82 Å². The molecule has 3 aromatic rings. The molecule has 3 aromatic heterocycles. The summed E-state index contributed by atoms with van der Waals surface area (Å²) in [4.78, 5) is 28.9. The minimum Gasteiger partial charge on any atom is -0.481 e. The van der Waals surface area contributed by atoms with E-state index in [9.17, 15) is 13.6 Å². The molecule has 1 amide bonds. The number of nitrogens with one attached hydrogen (secondary N) is 1. The first-order chi connectivity index (χ1) is 17.2. The third-order valence-electron chi connectivity index (χ3n) is 6.92. The van der Waals surface area contributed by atoms with Crippen molar-refractivity contribution in [1.29, 1.82) is 0 Å². The first kappa shape index (κ1) is 23.9. The second-order valence-electron chi connectivity index (χ2n) is 9.36. The topological polar surface area (TPSA) is 124 Å². The molecule has 5 heterocycles. The van der Waals surface area contributed by atoms with E-state index in [1.165, 1.54) is 18.0 Å². The first-order valence-corrected chi connectivity index (χ1v) is 11.7. The zero-order chi connectivity index (χ0) is 25.6. The largest absolute Gasteiger partial charge is 0.481 e. The molecule has 190 valence electrons. The number of aryl methyl sites for hydroxylation is 3. The number of anilines is 1. The lowest BCUT2D eigenvalue weighted by atomic mass is 9.86. The zero-order valence-corrected chi connectivity index (χ0v) is 20.5. The third kappa shape index (κ3) is 4.33. The molecule has 0 saturated carbocycles. The predicted octanol–water partition coefficient (Wildman–Crippen LogP) is 2.45. The number of tetrazole rings is 1. The molecule has 0 aliphatic carbocycles. The number of hydrogen-bond donors (Lipinski definition) is 1. The van der Waals surface area contributed by atoms with E-state index in [1.807, 2.05) is 6.92 Å². The SMILES string of the molecule is COc1cc([C@@H](C)C(=O)N2CC[C@@]3(CCc4cc(-c5nnn(C)n5)c(C)nc4N3)C2)nc(C(F)F)n1. The van der Waals surface area contributed by atoms with Crippen molar-refractivity contribution in [1.82, 2.24) is 40.1 Å². The van der Waals surface area contributed by atoms with Crippen molar-refractivity contribution >= 4 is 11.7 Å². The Labute approximate surface area is 206 Å². The summed E-state index contributed by atoms with van der Waals surface area (Å²) in [5.41, 5.74) is 2.62. The van der Waals surface area contributed by atoms with Crippen molar-refractivity contribution in [2.24, 2.45) is 7.05 Å². The van der Waals surface area contributed by atoms with Crippen molar-refractivity contribution in [2.45, 2.75) is 51.0 Å². The van der Waals surface area contributed by atoms with Gasteiger partial charge in [-0.3, -0.25) is 4.79 Å². The molecule has 5 rings (SSSR count). The van der Waals surface area contributed by atoms with E-state index >= 15 is 0 Å². The number of alkyl halides is 2. The van der Waals surface area contributed by atoms with Crippen LogP contribution in [0.4, 0.5) is 14.6 Å². The van der Waals surface area contributed by atoms with E-state index in [0.717, 1.165) is 41.9 Å². The van der Waals surface area contributed by atoms with E-state index < -0.39 is 18.2 Å². The molecule has 2 aliphatic rings. The maximum atomic E-state index is 13.3. The van der Waals surface area contributed by atoms with E-state index in [0.29, 0.717) is 18.9 Å². The zero-order valence-electron chi connectivity index (χ0n) is 20.5. The molecule has 2 aliphatic heterocycles. The fourth-order valence-corrected chi connectivity index (χ4v) is 4.90. The minimum absolute atomic E-state index is 0.0101. The first-order valence-electron chi connectivity index (χ1n) is 11.7. The number of aromatic nitrogens is 7. The molecule has 0 bridgehead atoms. The number of carbonyl (C=O) groups excluding carboxylic acids is 1. The number of hydrogen-bond acceptors (Lipinski definition) is 9. The lowest BCUT2D eigenvalue weighted by molar-refractivity contribution is -0.131. The fourth-order valence-electron chi connectivity index (χ4n) is 4.90. The molecule has 0 aromatic carbocycles. The van der Waals surface area contributed by atoms with E-state index in [-0.39, 0.29) is 23.0 Å². The standard InChI is InChI=1S/C23H27F2N9O2/c1-12(16-10-17(36-4)28-21(27-16)18(24)25)22(35)34-8-7-23(11-34)6-5-14-9-15(13(2)26-19(14)29-23)20-30-32-33(3)31-20/h9-10,12,18H,5-8,11H2,1-4H3,(H,26,29)/t12-,23+/m1/s1. The Kier molecular flexibility index (Phi) is 6.00. The van der Waals surface area contributed by atoms with Crippen LogP contribution in [-0.4, -0.2) is 71.7 Å². The second-order valence-corrected chi connectivity index (χ2v) is 9.36. The van der Waals surface area contributed by atoms with Crippen LogP contribution < -0.4 is 10.1 Å². The van der Waals surface area contributed by atoms with Gasteiger partial charge in [-0.2, -0.15) is 9.78 Å². The molecule has 1 fully saturated rings. The van der Waals surface area contributed by atoms with E-state index in [4.69, 9.17) is 9.72 Å². The molecule has 0 radical (unpaired) electrons. The van der Waals surface area contributed by atoms with Gasteiger partial charge in [0, 0.05) is 24.7 Å². The van der Waals surface area contributed by atoms with Crippen LogP contribution >= 0.6 is 0 Å². The number of likely N-dealkylation sites (tertiary alicyclic amines) is 1. The molecule has 36 heavy (non-hydrogen) atoms. The van der Waals surface area contributed by atoms with Crippen LogP contribution in [0, 0.1) is 6.92 Å². The van der Waals surface area contributed by atoms with Crippen molar-refractivity contribution in [3.63, 3.8) is 0 Å². The molecule has 13 heteroatoms. The summed E-state index contributed by atoms with van der Waals surface area (Å²) in [6, 6.07) is 3.49. The van der Waals surface area contributed by atoms with Crippen LogP contribution in [0.5, 0.6) is 5.88 Å². The van der Waals surface area contributed by atoms with Crippen LogP contribution in [0.3, 0.4) is 0 Å². The number of rotatable bonds is 5. The van der Waals surface area contributed by atoms with Gasteiger partial charge in [0.15, 0.2) is 5.82 Å². The minimum atomic E-state index is -2.86. The van der Waals surface area contributed by atoms with Crippen LogP contribution in [0.1, 0.15) is 54.9 Å². The summed E-state index contributed by atoms with van der Waals surface area (Å²) in [5, 5.41) is 15.9. The number of fused-ring (bicyclic) bond motifs is 1. The normalized spacial score (nSPS) is 19.9. The van der Waals surface area contributed by atoms with Crippen molar-refractivity contribution in [2.75, 3.05) is 25.5 Å². The third-order valence-corrected chi connectivity index (χ3v) is 6.92. The Morgan fingerprint density at radius 2 is 2.03 bits per heavy atom. The Morgan fingerprint density at radius 3 is 2.72 bits per heavy atom. The van der Waals surface area contributed by atoms with Gasteiger partial charge in [-0.15, -0.1) is 10.2 Å². The summed E-state index contributed by atoms with van der Waals surface area (Å²) >= 11 is 0. The van der Waals surface area contributed by atoms with E-state index in [1.54, 1.807) is 18.9 Å². The highest BCUT2D eigenvalue weighted by molar-refractivity contribution is 5.83. The smallest absolute Gasteiger partial charge is 0.297 e. The van der Waals surface area contributed by atoms with Crippen molar-refractivity contribution in [3.8, 4) is 17.3 Å². The number of carbonyl (C=O) groups is 1. The molecule has 2 atom stereocenters. The number of amides is 1. The highest BCUT2D eigenvalue weighted by Crippen LogP contribution is 2.38. The lowest BCUT2D eigenvalue weighted by Gasteiger charge is -2.36. The molecule has 11 nitrogen and oxygen atoms in total. The van der Waals surface area contributed by atoms with Gasteiger partial charge in [0.05, 0.1) is 37.0 Å². The molecule has 0 unspecified atom stereocenters. The molecular weight excluding hydrogens is 472 g/mol. The van der Waals surface area contributed by atoms with Gasteiger partial charge in [-0.25, -0.2) is 18.7 Å². The van der Waals surface area contributed by atoms with Gasteiger partial charge < -0.3 is 15.0 Å². The van der Waals surface area contributed by atoms with Gasteiger partial charge in [-0.05, 0) is 50.0 Å². The maximum Gasteiger partial charge on any atom is 0.297 e. The summed E-state index contributed by atoms with van der Waals surface area (Å²) in [5.74, 6) is -0.188. The van der Waals surface area contributed by atoms with Crippen LogP contribution in [-0.2, 0) is 18.3 Å². The fraction of sp³-hybridized carbons (Fsp3) is 0.522. The quantitative estimate of drug-likeness (QED) is 0.564. The number of ether oxygens (including phenoxy) is 1. The second kappa shape index (κ2) is 9.03. The summed E-state index contributed by atoms with van der Waals surface area (Å²) in [7, 11) is 3.06. The summed E-state index contributed by atoms with van der Waals surface area (Å²) < 4.78 is 31.5. The number of nitrogens with zero attached hydrogens (tertiary/aromatic N) is 8. The Bertz CT molecular complexity index is 1310. The highest BCUT2D eigenvalue weighted by Gasteiger charge is 2.43. The van der Waals surface area contributed by atoms with Crippen LogP contribution in [0.25, 0.3) is 11.4 Å². The summed E-state index contributed by atoms with van der Waals surface area (Å²) in [6.07, 6.45) is -0.480. The van der Waals surface area contributed by atoms with Crippen LogP contribution in [0.15, 0.2) is 12.1 Å².